The van der Waals surface area contributed by atoms with Crippen LogP contribution in [0.4, 0.5) is 0 Å². The average molecular weight is 538 g/mol. The molecule has 0 N–H and O–H groups in total. The van der Waals surface area contributed by atoms with Crippen molar-refractivity contribution in [3.05, 3.63) is 83.6 Å². The highest BCUT2D eigenvalue weighted by atomic mass is 32.2. The maximum atomic E-state index is 6.70. The van der Waals surface area contributed by atoms with Crippen LogP contribution < -0.4 is 0 Å². The SMILES string of the molecule is COC=CCC1C(OCc2ccc(Cc3ccccc3)cc2)CC(OC2CCCCO2)C1N1CCSCC1. The third-order valence-electron chi connectivity index (χ3n) is 8.07. The van der Waals surface area contributed by atoms with Gasteiger partial charge < -0.3 is 18.9 Å². The second-order valence-electron chi connectivity index (χ2n) is 10.7. The highest BCUT2D eigenvalue weighted by Crippen LogP contribution is 2.39. The highest BCUT2D eigenvalue weighted by Gasteiger charge is 2.48. The summed E-state index contributed by atoms with van der Waals surface area (Å²) in [6.07, 6.45) is 10.2. The quantitative estimate of drug-likeness (QED) is 0.325. The van der Waals surface area contributed by atoms with Gasteiger partial charge in [-0.1, -0.05) is 54.6 Å². The number of methoxy groups -OCH3 is 1. The van der Waals surface area contributed by atoms with Crippen molar-refractivity contribution < 1.29 is 18.9 Å². The van der Waals surface area contributed by atoms with Gasteiger partial charge in [-0.2, -0.15) is 11.8 Å². The molecule has 1 aliphatic carbocycles. The van der Waals surface area contributed by atoms with Crippen molar-refractivity contribution >= 4 is 11.8 Å². The van der Waals surface area contributed by atoms with Crippen LogP contribution in [-0.4, -0.2) is 67.8 Å². The number of nitrogens with zero attached hydrogens (tertiary/aromatic N) is 1. The lowest BCUT2D eigenvalue weighted by molar-refractivity contribution is -0.198. The van der Waals surface area contributed by atoms with Gasteiger partial charge in [0.05, 0.1) is 32.2 Å². The number of rotatable bonds is 11. The number of ether oxygens (including phenoxy) is 4. The predicted octanol–water partition coefficient (Wildman–Crippen LogP) is 6.06. The van der Waals surface area contributed by atoms with E-state index in [0.717, 1.165) is 51.8 Å². The second kappa shape index (κ2) is 14.5. The van der Waals surface area contributed by atoms with E-state index in [2.05, 4.69) is 77.3 Å². The van der Waals surface area contributed by atoms with Crippen molar-refractivity contribution in [2.75, 3.05) is 38.3 Å². The fraction of sp³-hybridized carbons (Fsp3) is 0.562. The first-order valence-corrected chi connectivity index (χ1v) is 15.5. The van der Waals surface area contributed by atoms with Crippen molar-refractivity contribution in [2.45, 2.75) is 69.7 Å². The number of hydrogen-bond donors (Lipinski definition) is 0. The minimum atomic E-state index is -0.0820. The Kier molecular flexibility index (Phi) is 10.6. The second-order valence-corrected chi connectivity index (χ2v) is 11.9. The lowest BCUT2D eigenvalue weighted by Crippen LogP contribution is -2.50. The van der Waals surface area contributed by atoms with Crippen LogP contribution in [0.25, 0.3) is 0 Å². The Morgan fingerprint density at radius 1 is 0.947 bits per heavy atom. The van der Waals surface area contributed by atoms with E-state index in [1.54, 1.807) is 7.11 Å². The van der Waals surface area contributed by atoms with Crippen molar-refractivity contribution in [3.8, 4) is 0 Å². The van der Waals surface area contributed by atoms with E-state index in [1.807, 2.05) is 6.26 Å². The molecule has 206 valence electrons. The molecule has 3 fully saturated rings. The standard InChI is InChI=1S/C32H43NO4S/c1-34-18-7-10-28-29(36-24-27-14-12-26(13-15-27)22-25-8-3-2-4-9-25)23-30(37-31-11-5-6-19-35-31)32(28)33-16-20-38-21-17-33/h2-4,7-9,12-15,18,28-32H,5-6,10-11,16-17,19-24H2,1H3. The van der Waals surface area contributed by atoms with Gasteiger partial charge in [0.2, 0.25) is 0 Å². The van der Waals surface area contributed by atoms with E-state index in [9.17, 15) is 0 Å². The van der Waals surface area contributed by atoms with Gasteiger partial charge in [-0.15, -0.1) is 0 Å². The number of hydrogen-bond acceptors (Lipinski definition) is 6. The Hall–Kier alpha value is -1.83. The molecule has 2 aromatic carbocycles. The minimum Gasteiger partial charge on any atom is -0.505 e. The van der Waals surface area contributed by atoms with Crippen LogP contribution in [0.1, 0.15) is 48.8 Å². The van der Waals surface area contributed by atoms with Gasteiger partial charge in [-0.3, -0.25) is 4.90 Å². The van der Waals surface area contributed by atoms with Crippen molar-refractivity contribution in [1.82, 2.24) is 4.90 Å². The molecule has 38 heavy (non-hydrogen) atoms. The molecule has 2 saturated heterocycles. The molecule has 2 aliphatic heterocycles. The van der Waals surface area contributed by atoms with E-state index < -0.39 is 0 Å². The lowest BCUT2D eigenvalue weighted by atomic mass is 9.95. The van der Waals surface area contributed by atoms with Crippen LogP contribution in [0.3, 0.4) is 0 Å². The summed E-state index contributed by atoms with van der Waals surface area (Å²) in [5, 5.41) is 0. The Balaban J connectivity index is 1.27. The molecule has 5 rings (SSSR count). The fourth-order valence-corrected chi connectivity index (χ4v) is 7.08. The molecule has 6 heteroatoms. The van der Waals surface area contributed by atoms with Crippen LogP contribution in [0, 0.1) is 5.92 Å². The van der Waals surface area contributed by atoms with Crippen LogP contribution in [0.15, 0.2) is 66.9 Å². The summed E-state index contributed by atoms with van der Waals surface area (Å²) >= 11 is 2.05. The van der Waals surface area contributed by atoms with E-state index in [1.165, 1.54) is 34.6 Å². The summed E-state index contributed by atoms with van der Waals surface area (Å²) < 4.78 is 24.7. The van der Waals surface area contributed by atoms with Crippen LogP contribution >= 0.6 is 11.8 Å². The van der Waals surface area contributed by atoms with E-state index >= 15 is 0 Å². The maximum absolute atomic E-state index is 6.70. The summed E-state index contributed by atoms with van der Waals surface area (Å²) in [4.78, 5) is 2.66. The topological polar surface area (TPSA) is 40.2 Å². The minimum absolute atomic E-state index is 0.0820. The molecular formula is C32H43NO4S. The Labute approximate surface area is 232 Å². The third kappa shape index (κ3) is 7.64. The molecule has 2 aromatic rings. The molecule has 0 aromatic heterocycles. The van der Waals surface area contributed by atoms with E-state index in [0.29, 0.717) is 18.6 Å². The number of allylic oxidation sites excluding steroid dienone is 1. The zero-order valence-corrected chi connectivity index (χ0v) is 23.5. The van der Waals surface area contributed by atoms with Gasteiger partial charge in [0.25, 0.3) is 0 Å². The lowest BCUT2D eigenvalue weighted by Gasteiger charge is -2.39. The zero-order valence-electron chi connectivity index (χ0n) is 22.7. The summed E-state index contributed by atoms with van der Waals surface area (Å²) in [5.74, 6) is 2.73. The molecule has 0 spiro atoms. The third-order valence-corrected chi connectivity index (χ3v) is 9.01. The number of benzene rings is 2. The maximum Gasteiger partial charge on any atom is 0.158 e. The van der Waals surface area contributed by atoms with E-state index in [-0.39, 0.29) is 18.5 Å². The molecule has 5 unspecified atom stereocenters. The van der Waals surface area contributed by atoms with Crippen LogP contribution in [0.5, 0.6) is 0 Å². The molecule has 3 aliphatic rings. The first kappa shape index (κ1) is 27.7. The Bertz CT molecular complexity index is 973. The summed E-state index contributed by atoms with van der Waals surface area (Å²) in [6.45, 7) is 3.65. The first-order chi connectivity index (χ1) is 18.8. The van der Waals surface area contributed by atoms with Crippen molar-refractivity contribution in [2.24, 2.45) is 5.92 Å². The predicted molar refractivity (Wildman–Crippen MR) is 154 cm³/mol. The van der Waals surface area contributed by atoms with Crippen molar-refractivity contribution in [1.29, 1.82) is 0 Å². The van der Waals surface area contributed by atoms with Crippen LogP contribution in [-0.2, 0) is 32.0 Å². The first-order valence-electron chi connectivity index (χ1n) is 14.3. The van der Waals surface area contributed by atoms with Crippen LogP contribution in [0.2, 0.25) is 0 Å². The van der Waals surface area contributed by atoms with Gasteiger partial charge >= 0.3 is 0 Å². The summed E-state index contributed by atoms with van der Waals surface area (Å²) in [5.41, 5.74) is 3.89. The Morgan fingerprint density at radius 3 is 2.45 bits per heavy atom. The highest BCUT2D eigenvalue weighted by molar-refractivity contribution is 7.99. The molecule has 5 atom stereocenters. The van der Waals surface area contributed by atoms with Crippen molar-refractivity contribution in [3.63, 3.8) is 0 Å². The average Bonchev–Trinajstić information content (AvgIpc) is 3.31. The normalized spacial score (nSPS) is 28.6. The van der Waals surface area contributed by atoms with Gasteiger partial charge in [-0.05, 0) is 54.9 Å². The molecule has 0 radical (unpaired) electrons. The molecule has 0 amide bonds. The van der Waals surface area contributed by atoms with E-state index in [4.69, 9.17) is 18.9 Å². The Morgan fingerprint density at radius 2 is 1.71 bits per heavy atom. The van der Waals surface area contributed by atoms with Gasteiger partial charge in [-0.25, -0.2) is 0 Å². The fourth-order valence-electron chi connectivity index (χ4n) is 6.15. The molecule has 1 saturated carbocycles. The molecule has 0 bridgehead atoms. The molecular weight excluding hydrogens is 494 g/mol. The number of thioether (sulfide) groups is 1. The van der Waals surface area contributed by atoms with Gasteiger partial charge in [0.1, 0.15) is 0 Å². The van der Waals surface area contributed by atoms with Gasteiger partial charge in [0.15, 0.2) is 6.29 Å². The molecule has 2 heterocycles. The zero-order chi connectivity index (χ0) is 26.0. The molecule has 5 nitrogen and oxygen atoms in total. The summed E-state index contributed by atoms with van der Waals surface area (Å²) in [6, 6.07) is 19.9. The largest absolute Gasteiger partial charge is 0.505 e. The van der Waals surface area contributed by atoms with Gasteiger partial charge in [0, 0.05) is 49.6 Å². The smallest absolute Gasteiger partial charge is 0.158 e. The monoisotopic (exact) mass is 537 g/mol. The summed E-state index contributed by atoms with van der Waals surface area (Å²) in [7, 11) is 1.71.